The van der Waals surface area contributed by atoms with Gasteiger partial charge >= 0.3 is 0 Å². The van der Waals surface area contributed by atoms with Crippen LogP contribution in [0.3, 0.4) is 0 Å². The lowest BCUT2D eigenvalue weighted by Crippen LogP contribution is -2.04. The minimum atomic E-state index is 0.603. The molecule has 0 aliphatic heterocycles. The molecular weight excluding hydrogens is 717 g/mol. The van der Waals surface area contributed by atoms with Gasteiger partial charge in [-0.2, -0.15) is 0 Å². The Morgan fingerprint density at radius 3 is 1.29 bits per heavy atom. The molecule has 11 rings (SSSR count). The first-order chi connectivity index (χ1) is 29.2. The van der Waals surface area contributed by atoms with E-state index in [0.29, 0.717) is 17.5 Å². The topological polar surface area (TPSA) is 43.6 Å². The summed E-state index contributed by atoms with van der Waals surface area (Å²) in [7, 11) is 0. The van der Waals surface area contributed by atoms with Gasteiger partial charge in [0, 0.05) is 27.5 Å². The lowest BCUT2D eigenvalue weighted by Gasteiger charge is -2.16. The van der Waals surface area contributed by atoms with Crippen LogP contribution in [0.1, 0.15) is 0 Å². The van der Waals surface area contributed by atoms with Crippen LogP contribution < -0.4 is 0 Å². The molecule has 0 spiro atoms. The van der Waals surface area contributed by atoms with Crippen molar-refractivity contribution in [1.82, 2.24) is 19.5 Å². The summed E-state index contributed by atoms with van der Waals surface area (Å²) in [5, 5.41) is 4.67. The molecule has 0 N–H and O–H groups in total. The molecule has 4 heteroatoms. The summed E-state index contributed by atoms with van der Waals surface area (Å²) in [4.78, 5) is 15.9. The van der Waals surface area contributed by atoms with Crippen LogP contribution in [0.4, 0.5) is 0 Å². The first-order valence-corrected chi connectivity index (χ1v) is 19.9. The molecule has 0 fully saturated rings. The van der Waals surface area contributed by atoms with Gasteiger partial charge in [-0.1, -0.05) is 182 Å². The third kappa shape index (κ3) is 6.34. The highest BCUT2D eigenvalue weighted by atomic mass is 15.1. The van der Waals surface area contributed by atoms with E-state index >= 15 is 0 Å². The number of fused-ring (bicyclic) bond motifs is 4. The molecule has 0 bridgehead atoms. The van der Waals surface area contributed by atoms with E-state index in [9.17, 15) is 0 Å². The fourth-order valence-corrected chi connectivity index (χ4v) is 8.29. The predicted octanol–water partition coefficient (Wildman–Crippen LogP) is 14.1. The van der Waals surface area contributed by atoms with Crippen LogP contribution >= 0.6 is 0 Å². The van der Waals surface area contributed by atoms with E-state index in [2.05, 4.69) is 217 Å². The molecule has 11 aromatic rings. The molecule has 0 saturated carbocycles. The number of rotatable bonds is 7. The minimum absolute atomic E-state index is 0.603. The van der Waals surface area contributed by atoms with E-state index in [0.717, 1.165) is 66.4 Å². The smallest absolute Gasteiger partial charge is 0.166 e. The summed E-state index contributed by atoms with van der Waals surface area (Å²) in [5.74, 6) is 1.83. The van der Waals surface area contributed by atoms with Crippen molar-refractivity contribution in [2.75, 3.05) is 0 Å². The molecule has 2 aromatic heterocycles. The summed E-state index contributed by atoms with van der Waals surface area (Å²) in [6.45, 7) is 0. The van der Waals surface area contributed by atoms with Crippen molar-refractivity contribution >= 4 is 32.6 Å². The summed E-state index contributed by atoms with van der Waals surface area (Å²) in [6, 6.07) is 77.0. The zero-order chi connectivity index (χ0) is 39.1. The van der Waals surface area contributed by atoms with Gasteiger partial charge in [-0.15, -0.1) is 0 Å². The molecular formula is C55H36N4. The monoisotopic (exact) mass is 752 g/mol. The van der Waals surface area contributed by atoms with Crippen LogP contribution in [-0.4, -0.2) is 19.5 Å². The van der Waals surface area contributed by atoms with Gasteiger partial charge in [0.25, 0.3) is 0 Å². The normalized spacial score (nSPS) is 11.4. The molecule has 9 aromatic carbocycles. The molecule has 4 nitrogen and oxygen atoms in total. The second-order valence-electron chi connectivity index (χ2n) is 14.9. The Balaban J connectivity index is 1.14. The van der Waals surface area contributed by atoms with Gasteiger partial charge in [0.1, 0.15) is 0 Å². The van der Waals surface area contributed by atoms with Crippen molar-refractivity contribution in [1.29, 1.82) is 0 Å². The Kier molecular flexibility index (Phi) is 8.45. The Labute approximate surface area is 342 Å². The maximum Gasteiger partial charge on any atom is 0.166 e. The zero-order valence-electron chi connectivity index (χ0n) is 32.1. The maximum absolute atomic E-state index is 5.35. The Bertz CT molecular complexity index is 3250. The lowest BCUT2D eigenvalue weighted by molar-refractivity contribution is 1.06. The molecule has 0 amide bonds. The van der Waals surface area contributed by atoms with Gasteiger partial charge in [0.2, 0.25) is 0 Å². The fourth-order valence-electron chi connectivity index (χ4n) is 8.29. The molecule has 0 unspecified atom stereocenters. The Morgan fingerprint density at radius 1 is 0.271 bits per heavy atom. The number of hydrogen-bond donors (Lipinski definition) is 0. The van der Waals surface area contributed by atoms with E-state index < -0.39 is 0 Å². The fraction of sp³-hybridized carbons (Fsp3) is 0. The predicted molar refractivity (Wildman–Crippen MR) is 244 cm³/mol. The van der Waals surface area contributed by atoms with Crippen molar-refractivity contribution in [2.24, 2.45) is 0 Å². The largest absolute Gasteiger partial charge is 0.308 e. The van der Waals surface area contributed by atoms with Gasteiger partial charge < -0.3 is 4.57 Å². The van der Waals surface area contributed by atoms with Crippen LogP contribution in [0.15, 0.2) is 218 Å². The van der Waals surface area contributed by atoms with Crippen LogP contribution in [0.2, 0.25) is 0 Å². The van der Waals surface area contributed by atoms with Gasteiger partial charge in [-0.3, -0.25) is 0 Å². The van der Waals surface area contributed by atoms with Gasteiger partial charge in [-0.25, -0.2) is 15.0 Å². The third-order valence-electron chi connectivity index (χ3n) is 11.3. The highest BCUT2D eigenvalue weighted by Gasteiger charge is 2.20. The second kappa shape index (κ2) is 14.5. The molecule has 0 atom stereocenters. The second-order valence-corrected chi connectivity index (χ2v) is 14.9. The van der Waals surface area contributed by atoms with E-state index in [1.165, 1.54) is 21.9 Å². The number of aromatic nitrogens is 4. The quantitative estimate of drug-likeness (QED) is 0.163. The van der Waals surface area contributed by atoms with Crippen LogP contribution in [0.25, 0.3) is 106 Å². The number of benzene rings is 9. The standard InChI is InChI=1S/C55H36N4/c1-4-14-37(15-5-1)40-24-28-42(29-25-40)53-56-54(45-31-27-41-26-30-43(34-46(41)35-45)38-16-6-2-7-17-38)58-55(57-53)49-33-32-44(39-18-8-3-9-19-39)36-52(49)59-50-22-12-10-20-47(50)48-21-11-13-23-51(48)59/h1-36H. The Hall–Kier alpha value is -7.95. The van der Waals surface area contributed by atoms with E-state index in [1.54, 1.807) is 0 Å². The first-order valence-electron chi connectivity index (χ1n) is 19.9. The zero-order valence-corrected chi connectivity index (χ0v) is 32.1. The summed E-state index contributed by atoms with van der Waals surface area (Å²) in [5.41, 5.74) is 12.9. The molecule has 0 aliphatic rings. The molecule has 0 radical (unpaired) electrons. The maximum atomic E-state index is 5.35. The van der Waals surface area contributed by atoms with Crippen LogP contribution in [0.5, 0.6) is 0 Å². The van der Waals surface area contributed by atoms with Gasteiger partial charge in [0.05, 0.1) is 16.7 Å². The average Bonchev–Trinajstić information content (AvgIpc) is 3.66. The highest BCUT2D eigenvalue weighted by Crippen LogP contribution is 2.39. The number of nitrogens with zero attached hydrogens (tertiary/aromatic N) is 4. The molecule has 2 heterocycles. The van der Waals surface area contributed by atoms with Gasteiger partial charge in [0.15, 0.2) is 17.5 Å². The molecule has 0 saturated heterocycles. The molecule has 0 aliphatic carbocycles. The lowest BCUT2D eigenvalue weighted by atomic mass is 9.99. The average molecular weight is 753 g/mol. The van der Waals surface area contributed by atoms with E-state index in [-0.39, 0.29) is 0 Å². The number of hydrogen-bond acceptors (Lipinski definition) is 3. The van der Waals surface area contributed by atoms with Gasteiger partial charge in [-0.05, 0) is 80.6 Å². The number of para-hydroxylation sites is 2. The van der Waals surface area contributed by atoms with Crippen molar-refractivity contribution in [3.8, 4) is 73.2 Å². The van der Waals surface area contributed by atoms with E-state index in [1.807, 2.05) is 6.07 Å². The summed E-state index contributed by atoms with van der Waals surface area (Å²) in [6.07, 6.45) is 0. The molecule has 59 heavy (non-hydrogen) atoms. The van der Waals surface area contributed by atoms with Crippen molar-refractivity contribution in [3.63, 3.8) is 0 Å². The minimum Gasteiger partial charge on any atom is -0.308 e. The molecule has 276 valence electrons. The highest BCUT2D eigenvalue weighted by molar-refractivity contribution is 6.09. The van der Waals surface area contributed by atoms with Crippen molar-refractivity contribution < 1.29 is 0 Å². The third-order valence-corrected chi connectivity index (χ3v) is 11.3. The van der Waals surface area contributed by atoms with Crippen LogP contribution in [0, 0.1) is 0 Å². The van der Waals surface area contributed by atoms with Crippen LogP contribution in [-0.2, 0) is 0 Å². The van der Waals surface area contributed by atoms with Crippen molar-refractivity contribution in [3.05, 3.63) is 218 Å². The SMILES string of the molecule is c1ccc(-c2ccc(-c3nc(-c4ccc5ccc(-c6ccccc6)cc5c4)nc(-c4ccc(-c5ccccc5)cc4-n4c5ccccc5c5ccccc54)n3)cc2)cc1. The van der Waals surface area contributed by atoms with Crippen molar-refractivity contribution in [2.45, 2.75) is 0 Å². The Morgan fingerprint density at radius 2 is 0.678 bits per heavy atom. The summed E-state index contributed by atoms with van der Waals surface area (Å²) < 4.78 is 2.37. The first kappa shape index (κ1) is 34.3. The summed E-state index contributed by atoms with van der Waals surface area (Å²) >= 11 is 0. The van der Waals surface area contributed by atoms with E-state index in [4.69, 9.17) is 15.0 Å².